The third-order valence-corrected chi connectivity index (χ3v) is 8.06. The Bertz CT molecular complexity index is 1810. The number of sulfone groups is 1. The van der Waals surface area contributed by atoms with Crippen LogP contribution >= 0.6 is 0 Å². The van der Waals surface area contributed by atoms with E-state index < -0.39 is 21.7 Å². The average molecular weight is 510 g/mol. The topological polar surface area (TPSA) is 134 Å². The van der Waals surface area contributed by atoms with Crippen molar-refractivity contribution in [3.63, 3.8) is 0 Å². The molecule has 0 saturated heterocycles. The summed E-state index contributed by atoms with van der Waals surface area (Å²) in [6.45, 7) is 0.221. The number of H-pyrrole nitrogens is 1. The first kappa shape index (κ1) is 22.6. The molecular formula is C27H19N5O4S. The van der Waals surface area contributed by atoms with Crippen LogP contribution in [0.15, 0.2) is 95.1 Å². The number of rotatable bonds is 4. The molecule has 6 rings (SSSR count). The number of nitrogens with zero attached hydrogens (tertiary/aromatic N) is 2. The van der Waals surface area contributed by atoms with Crippen molar-refractivity contribution in [2.75, 3.05) is 5.32 Å². The highest BCUT2D eigenvalue weighted by Gasteiger charge is 2.31. The van der Waals surface area contributed by atoms with Crippen LogP contribution in [0.1, 0.15) is 26.3 Å². The van der Waals surface area contributed by atoms with Crippen molar-refractivity contribution >= 4 is 38.4 Å². The third kappa shape index (κ3) is 4.03. The molecule has 1 aliphatic heterocycles. The second-order valence-electron chi connectivity index (χ2n) is 8.53. The number of amides is 2. The van der Waals surface area contributed by atoms with Gasteiger partial charge in [-0.2, -0.15) is 0 Å². The zero-order chi connectivity index (χ0) is 25.6. The van der Waals surface area contributed by atoms with Crippen LogP contribution in [0.25, 0.3) is 22.3 Å². The Morgan fingerprint density at radius 3 is 2.62 bits per heavy atom. The highest BCUT2D eigenvalue weighted by atomic mass is 32.2. The normalized spacial score (nSPS) is 13.8. The minimum atomic E-state index is -3.93. The molecule has 0 unspecified atom stereocenters. The first-order valence-electron chi connectivity index (χ1n) is 11.4. The largest absolute Gasteiger partial charge is 0.348 e. The van der Waals surface area contributed by atoms with Crippen molar-refractivity contribution in [1.82, 2.24) is 20.3 Å². The molecule has 3 N–H and O–H groups in total. The predicted octanol–water partition coefficient (Wildman–Crippen LogP) is 3.95. The molecule has 0 radical (unpaired) electrons. The lowest BCUT2D eigenvalue weighted by atomic mass is 10.1. The number of imidazole rings is 1. The SMILES string of the molecule is O=C(NCc1ccc(-c2ccc3nc[nH]c3c2)nc1)c1ccc2c(c1)NC(=O)c1ccccc1S2(=O)=O. The minimum Gasteiger partial charge on any atom is -0.348 e. The summed E-state index contributed by atoms with van der Waals surface area (Å²) in [7, 11) is -3.93. The maximum absolute atomic E-state index is 13.1. The summed E-state index contributed by atoms with van der Waals surface area (Å²) in [5.74, 6) is -0.960. The van der Waals surface area contributed by atoms with E-state index in [9.17, 15) is 18.0 Å². The number of anilines is 1. The molecule has 0 fully saturated rings. The number of fused-ring (bicyclic) bond motifs is 3. The Morgan fingerprint density at radius 2 is 1.78 bits per heavy atom. The van der Waals surface area contributed by atoms with Gasteiger partial charge in [0.05, 0.1) is 44.1 Å². The van der Waals surface area contributed by atoms with Gasteiger partial charge < -0.3 is 15.6 Å². The van der Waals surface area contributed by atoms with E-state index in [0.717, 1.165) is 27.9 Å². The second-order valence-corrected chi connectivity index (χ2v) is 10.4. The number of benzene rings is 3. The van der Waals surface area contributed by atoms with Crippen LogP contribution in [0, 0.1) is 0 Å². The third-order valence-electron chi connectivity index (χ3n) is 6.19. The first-order valence-corrected chi connectivity index (χ1v) is 12.8. The summed E-state index contributed by atoms with van der Waals surface area (Å²) in [5.41, 5.74) is 4.66. The second kappa shape index (κ2) is 8.68. The number of pyridine rings is 1. The van der Waals surface area contributed by atoms with Crippen molar-refractivity contribution in [3.05, 3.63) is 102 Å². The van der Waals surface area contributed by atoms with E-state index in [-0.39, 0.29) is 33.2 Å². The van der Waals surface area contributed by atoms with E-state index >= 15 is 0 Å². The van der Waals surface area contributed by atoms with Crippen molar-refractivity contribution < 1.29 is 18.0 Å². The highest BCUT2D eigenvalue weighted by Crippen LogP contribution is 2.34. The molecule has 5 aromatic rings. The number of hydrogen-bond acceptors (Lipinski definition) is 6. The number of carbonyl (C=O) groups is 2. The van der Waals surface area contributed by atoms with E-state index in [1.54, 1.807) is 24.7 Å². The molecule has 3 heterocycles. The molecule has 182 valence electrons. The average Bonchev–Trinajstić information content (AvgIpc) is 3.37. The molecule has 2 aromatic heterocycles. The lowest BCUT2D eigenvalue weighted by molar-refractivity contribution is 0.0949. The Hall–Kier alpha value is -4.83. The van der Waals surface area contributed by atoms with Gasteiger partial charge in [0.25, 0.3) is 11.8 Å². The molecule has 0 atom stereocenters. The van der Waals surface area contributed by atoms with Gasteiger partial charge in [0.1, 0.15) is 0 Å². The van der Waals surface area contributed by atoms with Crippen molar-refractivity contribution in [2.24, 2.45) is 0 Å². The molecule has 0 spiro atoms. The zero-order valence-corrected chi connectivity index (χ0v) is 20.0. The fraction of sp³-hybridized carbons (Fsp3) is 0.0370. The summed E-state index contributed by atoms with van der Waals surface area (Å²) >= 11 is 0. The first-order chi connectivity index (χ1) is 17.9. The molecule has 2 amide bonds. The lowest BCUT2D eigenvalue weighted by Crippen LogP contribution is -2.23. The van der Waals surface area contributed by atoms with Gasteiger partial charge in [-0.3, -0.25) is 14.6 Å². The van der Waals surface area contributed by atoms with E-state index in [2.05, 4.69) is 25.6 Å². The highest BCUT2D eigenvalue weighted by molar-refractivity contribution is 7.91. The number of hydrogen-bond donors (Lipinski definition) is 3. The Balaban J connectivity index is 1.19. The smallest absolute Gasteiger partial charge is 0.257 e. The molecule has 10 heteroatoms. The minimum absolute atomic E-state index is 0.0598. The summed E-state index contributed by atoms with van der Waals surface area (Å²) < 4.78 is 26.3. The molecular weight excluding hydrogens is 490 g/mol. The molecule has 37 heavy (non-hydrogen) atoms. The van der Waals surface area contributed by atoms with Gasteiger partial charge in [-0.05, 0) is 54.1 Å². The van der Waals surface area contributed by atoms with Crippen LogP contribution in [0.3, 0.4) is 0 Å². The van der Waals surface area contributed by atoms with Crippen molar-refractivity contribution in [1.29, 1.82) is 0 Å². The van der Waals surface area contributed by atoms with Gasteiger partial charge in [-0.15, -0.1) is 0 Å². The van der Waals surface area contributed by atoms with Gasteiger partial charge in [-0.25, -0.2) is 13.4 Å². The van der Waals surface area contributed by atoms with E-state index in [1.807, 2.05) is 30.3 Å². The fourth-order valence-corrected chi connectivity index (χ4v) is 5.87. The van der Waals surface area contributed by atoms with Crippen LogP contribution < -0.4 is 10.6 Å². The van der Waals surface area contributed by atoms with Gasteiger partial charge >= 0.3 is 0 Å². The van der Waals surface area contributed by atoms with Gasteiger partial charge in [0, 0.05) is 23.9 Å². The summed E-state index contributed by atoms with van der Waals surface area (Å²) in [4.78, 5) is 37.1. The number of aromatic nitrogens is 3. The summed E-state index contributed by atoms with van der Waals surface area (Å²) in [6, 6.07) is 19.8. The van der Waals surface area contributed by atoms with Crippen LogP contribution in [0.5, 0.6) is 0 Å². The summed E-state index contributed by atoms with van der Waals surface area (Å²) in [5, 5.41) is 5.43. The van der Waals surface area contributed by atoms with Crippen molar-refractivity contribution in [3.8, 4) is 11.3 Å². The zero-order valence-electron chi connectivity index (χ0n) is 19.2. The van der Waals surface area contributed by atoms with Crippen LogP contribution in [-0.2, 0) is 16.4 Å². The van der Waals surface area contributed by atoms with Crippen LogP contribution in [-0.4, -0.2) is 35.2 Å². The Kier molecular flexibility index (Phi) is 5.31. The van der Waals surface area contributed by atoms with Gasteiger partial charge in [-0.1, -0.05) is 24.3 Å². The number of carbonyl (C=O) groups excluding carboxylic acids is 2. The van der Waals surface area contributed by atoms with Gasteiger partial charge in [0.15, 0.2) is 0 Å². The fourth-order valence-electron chi connectivity index (χ4n) is 4.28. The van der Waals surface area contributed by atoms with Crippen LogP contribution in [0.2, 0.25) is 0 Å². The van der Waals surface area contributed by atoms with Gasteiger partial charge in [0.2, 0.25) is 9.84 Å². The molecule has 0 bridgehead atoms. The lowest BCUT2D eigenvalue weighted by Gasteiger charge is -2.10. The molecule has 0 saturated carbocycles. The van der Waals surface area contributed by atoms with E-state index in [1.165, 1.54) is 30.3 Å². The maximum Gasteiger partial charge on any atom is 0.257 e. The Labute approximate surface area is 211 Å². The predicted molar refractivity (Wildman–Crippen MR) is 137 cm³/mol. The standard InChI is InChI=1S/C27H19N5O4S/c33-26(29-14-16-5-8-20(28-13-16)17-6-9-21-22(11-17)31-15-30-21)18-7-10-25-23(12-18)32-27(34)19-3-1-2-4-24(19)37(25,35)36/h1-13,15H,14H2,(H,29,33)(H,30,31)(H,32,34). The number of aromatic amines is 1. The van der Waals surface area contributed by atoms with E-state index in [0.29, 0.717) is 0 Å². The van der Waals surface area contributed by atoms with Crippen molar-refractivity contribution in [2.45, 2.75) is 16.3 Å². The van der Waals surface area contributed by atoms with Crippen LogP contribution in [0.4, 0.5) is 5.69 Å². The number of nitrogens with one attached hydrogen (secondary N) is 3. The molecule has 0 aliphatic carbocycles. The quantitative estimate of drug-likeness (QED) is 0.336. The molecule has 9 nitrogen and oxygen atoms in total. The monoisotopic (exact) mass is 509 g/mol. The molecule has 1 aliphatic rings. The molecule has 3 aromatic carbocycles. The summed E-state index contributed by atoms with van der Waals surface area (Å²) in [6.07, 6.45) is 3.33. The van der Waals surface area contributed by atoms with E-state index in [4.69, 9.17) is 0 Å². The maximum atomic E-state index is 13.1. The Morgan fingerprint density at radius 1 is 0.919 bits per heavy atom.